The molecule has 2 rings (SSSR count). The lowest BCUT2D eigenvalue weighted by molar-refractivity contribution is 0.806. The molecule has 58 valence electrons. The molecule has 0 saturated carbocycles. The molecule has 0 radical (unpaired) electrons. The van der Waals surface area contributed by atoms with Crippen LogP contribution < -0.4 is 5.32 Å². The Morgan fingerprint density at radius 1 is 1.45 bits per heavy atom. The molecule has 1 aliphatic rings. The van der Waals surface area contributed by atoms with Crippen LogP contribution in [0, 0.1) is 0 Å². The fraction of sp³-hybridized carbons (Fsp3) is 0.375. The molecule has 2 heterocycles. The first-order valence-corrected chi connectivity index (χ1v) is 3.83. The van der Waals surface area contributed by atoms with Gasteiger partial charge < -0.3 is 5.32 Å². The second-order valence-electron chi connectivity index (χ2n) is 2.84. The minimum absolute atomic E-state index is 1.06. The maximum absolute atomic E-state index is 3.95. The number of aromatic amines is 1. The first kappa shape index (κ1) is 6.46. The number of hydrogen-bond donors (Lipinski definition) is 2. The molecule has 1 aliphatic heterocycles. The van der Waals surface area contributed by atoms with Gasteiger partial charge in [-0.2, -0.15) is 5.10 Å². The van der Waals surface area contributed by atoms with Crippen molar-refractivity contribution in [3.63, 3.8) is 0 Å². The van der Waals surface area contributed by atoms with Crippen molar-refractivity contribution in [1.82, 2.24) is 10.2 Å². The number of anilines is 1. The van der Waals surface area contributed by atoms with Gasteiger partial charge in [0.15, 0.2) is 0 Å². The average Bonchev–Trinajstić information content (AvgIpc) is 2.31. The van der Waals surface area contributed by atoms with Crippen molar-refractivity contribution in [2.24, 2.45) is 0 Å². The maximum atomic E-state index is 3.95. The van der Waals surface area contributed by atoms with E-state index in [1.54, 1.807) is 0 Å². The van der Waals surface area contributed by atoms with Crippen molar-refractivity contribution in [2.75, 3.05) is 5.32 Å². The van der Waals surface area contributed by atoms with Gasteiger partial charge >= 0.3 is 0 Å². The van der Waals surface area contributed by atoms with Crippen LogP contribution in [-0.4, -0.2) is 10.2 Å². The van der Waals surface area contributed by atoms with E-state index in [1.165, 1.54) is 5.69 Å². The SMILES string of the molecule is C=C1CCCc2[nH]ncc2N1. The molecule has 0 aromatic carbocycles. The van der Waals surface area contributed by atoms with E-state index in [4.69, 9.17) is 0 Å². The molecular formula is C8H11N3. The number of H-pyrrole nitrogens is 1. The Balaban J connectivity index is 2.32. The molecule has 0 atom stereocenters. The predicted octanol–water partition coefficient (Wildman–Crippen LogP) is 1.67. The van der Waals surface area contributed by atoms with Crippen LogP contribution in [0.25, 0.3) is 0 Å². The minimum Gasteiger partial charge on any atom is -0.357 e. The van der Waals surface area contributed by atoms with Gasteiger partial charge in [0.2, 0.25) is 0 Å². The molecule has 0 amide bonds. The molecule has 0 unspecified atom stereocenters. The van der Waals surface area contributed by atoms with E-state index in [0.717, 1.165) is 30.6 Å². The maximum Gasteiger partial charge on any atom is 0.0797 e. The van der Waals surface area contributed by atoms with Crippen molar-refractivity contribution < 1.29 is 0 Å². The third-order valence-corrected chi connectivity index (χ3v) is 1.94. The first-order chi connectivity index (χ1) is 5.36. The first-order valence-electron chi connectivity index (χ1n) is 3.83. The summed E-state index contributed by atoms with van der Waals surface area (Å²) in [6.45, 7) is 3.90. The van der Waals surface area contributed by atoms with Crippen LogP contribution in [-0.2, 0) is 6.42 Å². The van der Waals surface area contributed by atoms with Gasteiger partial charge in [0.05, 0.1) is 17.6 Å². The molecule has 0 saturated heterocycles. The number of nitrogens with one attached hydrogen (secondary N) is 2. The molecule has 0 aliphatic carbocycles. The quantitative estimate of drug-likeness (QED) is 0.589. The molecule has 0 bridgehead atoms. The Bertz CT molecular complexity index is 275. The van der Waals surface area contributed by atoms with Crippen LogP contribution in [0.4, 0.5) is 5.69 Å². The van der Waals surface area contributed by atoms with Crippen molar-refractivity contribution in [3.05, 3.63) is 24.2 Å². The van der Waals surface area contributed by atoms with Crippen molar-refractivity contribution in [3.8, 4) is 0 Å². The third kappa shape index (κ3) is 1.13. The summed E-state index contributed by atoms with van der Waals surface area (Å²) in [4.78, 5) is 0. The lowest BCUT2D eigenvalue weighted by Crippen LogP contribution is -1.94. The van der Waals surface area contributed by atoms with Crippen LogP contribution >= 0.6 is 0 Å². The molecule has 1 aromatic heterocycles. The number of nitrogens with zero attached hydrogens (tertiary/aromatic N) is 1. The summed E-state index contributed by atoms with van der Waals surface area (Å²) in [6, 6.07) is 0. The van der Waals surface area contributed by atoms with Crippen molar-refractivity contribution >= 4 is 5.69 Å². The molecule has 0 spiro atoms. The van der Waals surface area contributed by atoms with Gasteiger partial charge in [0.1, 0.15) is 0 Å². The zero-order valence-corrected chi connectivity index (χ0v) is 6.35. The van der Waals surface area contributed by atoms with E-state index in [9.17, 15) is 0 Å². The zero-order chi connectivity index (χ0) is 7.68. The minimum atomic E-state index is 1.06. The van der Waals surface area contributed by atoms with Gasteiger partial charge in [-0.15, -0.1) is 0 Å². The largest absolute Gasteiger partial charge is 0.357 e. The second-order valence-corrected chi connectivity index (χ2v) is 2.84. The molecule has 11 heavy (non-hydrogen) atoms. The topological polar surface area (TPSA) is 40.7 Å². The van der Waals surface area contributed by atoms with Crippen molar-refractivity contribution in [2.45, 2.75) is 19.3 Å². The fourth-order valence-electron chi connectivity index (χ4n) is 1.34. The molecule has 0 fully saturated rings. The Kier molecular flexibility index (Phi) is 1.42. The van der Waals surface area contributed by atoms with Gasteiger partial charge in [-0.25, -0.2) is 0 Å². The van der Waals surface area contributed by atoms with Gasteiger partial charge in [0, 0.05) is 5.70 Å². The molecule has 1 aromatic rings. The van der Waals surface area contributed by atoms with Gasteiger partial charge in [-0.3, -0.25) is 5.10 Å². The van der Waals surface area contributed by atoms with Crippen LogP contribution in [0.5, 0.6) is 0 Å². The Labute approximate surface area is 65.5 Å². The molecule has 3 nitrogen and oxygen atoms in total. The summed E-state index contributed by atoms with van der Waals surface area (Å²) < 4.78 is 0. The van der Waals surface area contributed by atoms with Crippen LogP contribution in [0.15, 0.2) is 18.5 Å². The number of fused-ring (bicyclic) bond motifs is 1. The number of rotatable bonds is 0. The highest BCUT2D eigenvalue weighted by Crippen LogP contribution is 2.21. The second kappa shape index (κ2) is 2.42. The number of aromatic nitrogens is 2. The summed E-state index contributed by atoms with van der Waals surface area (Å²) in [5.74, 6) is 0. The lowest BCUT2D eigenvalue weighted by Gasteiger charge is -2.01. The highest BCUT2D eigenvalue weighted by molar-refractivity contribution is 5.51. The predicted molar refractivity (Wildman–Crippen MR) is 44.3 cm³/mol. The van der Waals surface area contributed by atoms with E-state index in [0.29, 0.717) is 0 Å². The summed E-state index contributed by atoms with van der Waals surface area (Å²) in [5, 5.41) is 10.1. The third-order valence-electron chi connectivity index (χ3n) is 1.94. The Morgan fingerprint density at radius 2 is 2.36 bits per heavy atom. The Morgan fingerprint density at radius 3 is 3.27 bits per heavy atom. The van der Waals surface area contributed by atoms with E-state index in [-0.39, 0.29) is 0 Å². The highest BCUT2D eigenvalue weighted by Gasteiger charge is 2.09. The van der Waals surface area contributed by atoms with Gasteiger partial charge in [-0.05, 0) is 19.3 Å². The number of aryl methyl sites for hydroxylation is 1. The molecule has 2 N–H and O–H groups in total. The smallest absolute Gasteiger partial charge is 0.0797 e. The summed E-state index contributed by atoms with van der Waals surface area (Å²) in [6.07, 6.45) is 5.09. The van der Waals surface area contributed by atoms with Crippen LogP contribution in [0.3, 0.4) is 0 Å². The normalized spacial score (nSPS) is 16.9. The van der Waals surface area contributed by atoms with Gasteiger partial charge in [-0.1, -0.05) is 6.58 Å². The number of hydrogen-bond acceptors (Lipinski definition) is 2. The van der Waals surface area contributed by atoms with Gasteiger partial charge in [0.25, 0.3) is 0 Å². The van der Waals surface area contributed by atoms with E-state index in [1.807, 2.05) is 6.20 Å². The van der Waals surface area contributed by atoms with E-state index < -0.39 is 0 Å². The highest BCUT2D eigenvalue weighted by atomic mass is 15.1. The van der Waals surface area contributed by atoms with Crippen molar-refractivity contribution in [1.29, 1.82) is 0 Å². The lowest BCUT2D eigenvalue weighted by atomic mass is 10.2. The van der Waals surface area contributed by atoms with E-state index in [2.05, 4.69) is 22.1 Å². The number of allylic oxidation sites excluding steroid dienone is 1. The van der Waals surface area contributed by atoms with Crippen LogP contribution in [0.1, 0.15) is 18.5 Å². The summed E-state index contributed by atoms with van der Waals surface area (Å²) in [5.41, 5.74) is 3.38. The standard InChI is InChI=1S/C8H11N3/c1-6-3-2-4-7-8(10-6)5-9-11-7/h5,10H,1-4H2,(H,9,11). The summed E-state index contributed by atoms with van der Waals surface area (Å²) >= 11 is 0. The molecular weight excluding hydrogens is 138 g/mol. The summed E-state index contributed by atoms with van der Waals surface area (Å²) in [7, 11) is 0. The van der Waals surface area contributed by atoms with E-state index >= 15 is 0 Å². The fourth-order valence-corrected chi connectivity index (χ4v) is 1.34. The average molecular weight is 149 g/mol. The molecule has 3 heteroatoms. The monoisotopic (exact) mass is 149 g/mol. The zero-order valence-electron chi connectivity index (χ0n) is 6.35. The Hall–Kier alpha value is -1.25. The van der Waals surface area contributed by atoms with Crippen LogP contribution in [0.2, 0.25) is 0 Å².